The number of benzene rings is 2. The van der Waals surface area contributed by atoms with Crippen LogP contribution in [0.25, 0.3) is 0 Å². The van der Waals surface area contributed by atoms with Crippen molar-refractivity contribution in [2.45, 2.75) is 64.6 Å². The third-order valence-corrected chi connectivity index (χ3v) is 10.3. The Morgan fingerprint density at radius 3 is 2.07 bits per heavy atom. The third-order valence-electron chi connectivity index (χ3n) is 5.92. The van der Waals surface area contributed by atoms with Crippen molar-refractivity contribution in [2.24, 2.45) is 5.92 Å². The summed E-state index contributed by atoms with van der Waals surface area (Å²) >= 11 is 0. The van der Waals surface area contributed by atoms with E-state index in [4.69, 9.17) is 9.16 Å². The van der Waals surface area contributed by atoms with E-state index in [1.54, 1.807) is 7.11 Å². The fourth-order valence-electron chi connectivity index (χ4n) is 2.91. The Balaban J connectivity index is 1.94. The molecular weight excluding hydrogens is 360 g/mol. The van der Waals surface area contributed by atoms with Crippen molar-refractivity contribution in [2.75, 3.05) is 7.11 Å². The summed E-state index contributed by atoms with van der Waals surface area (Å²) < 4.78 is 12.1. The van der Waals surface area contributed by atoms with Gasteiger partial charge in [0.15, 0.2) is 5.75 Å². The average molecular weight is 398 g/mol. The van der Waals surface area contributed by atoms with Crippen molar-refractivity contribution in [1.82, 2.24) is 0 Å². The average Bonchev–Trinajstić information content (AvgIpc) is 2.65. The highest BCUT2D eigenvalue weighted by molar-refractivity contribution is 6.74. The van der Waals surface area contributed by atoms with E-state index in [9.17, 15) is 0 Å². The van der Waals surface area contributed by atoms with Gasteiger partial charge in [0, 0.05) is 0 Å². The molecule has 0 aliphatic heterocycles. The molecule has 0 aliphatic rings. The van der Waals surface area contributed by atoms with Crippen molar-refractivity contribution >= 4 is 8.32 Å². The second-order valence-corrected chi connectivity index (χ2v) is 14.0. The highest BCUT2D eigenvalue weighted by Gasteiger charge is 2.39. The molecule has 1 radical (unpaired) electrons. The zero-order valence-corrected chi connectivity index (χ0v) is 19.5. The lowest BCUT2D eigenvalue weighted by Gasteiger charge is -2.36. The van der Waals surface area contributed by atoms with Gasteiger partial charge < -0.3 is 9.16 Å². The van der Waals surface area contributed by atoms with Crippen LogP contribution in [0.4, 0.5) is 0 Å². The van der Waals surface area contributed by atoms with Crippen LogP contribution in [0, 0.1) is 12.8 Å². The molecule has 2 rings (SSSR count). The standard InChI is InChI=1S/C25H37O2Si/c1-20(13-15-21-11-9-8-10-12-21)14-16-22-17-18-23(24(19-22)26-5)27-28(6,7)25(2,3)4/h8-12,17-20H,1,13-16H2,2-7H3. The van der Waals surface area contributed by atoms with E-state index in [1.807, 2.05) is 0 Å². The summed E-state index contributed by atoms with van der Waals surface area (Å²) in [5.41, 5.74) is 2.68. The normalized spacial score (nSPS) is 13.2. The lowest BCUT2D eigenvalue weighted by molar-refractivity contribution is 0.385. The first-order chi connectivity index (χ1) is 13.1. The fraction of sp³-hybridized carbons (Fsp3) is 0.480. The van der Waals surface area contributed by atoms with Crippen LogP contribution in [0.1, 0.15) is 44.7 Å². The molecule has 0 amide bonds. The Hall–Kier alpha value is -1.74. The fourth-order valence-corrected chi connectivity index (χ4v) is 3.94. The van der Waals surface area contributed by atoms with Gasteiger partial charge in [-0.15, -0.1) is 0 Å². The maximum absolute atomic E-state index is 6.46. The van der Waals surface area contributed by atoms with Gasteiger partial charge in [-0.25, -0.2) is 0 Å². The first-order valence-corrected chi connectivity index (χ1v) is 13.3. The molecule has 3 heteroatoms. The third kappa shape index (κ3) is 6.41. The highest BCUT2D eigenvalue weighted by Crippen LogP contribution is 2.40. The van der Waals surface area contributed by atoms with Crippen molar-refractivity contribution in [3.05, 3.63) is 66.6 Å². The summed E-state index contributed by atoms with van der Waals surface area (Å²) in [5, 5.41) is 0.163. The van der Waals surface area contributed by atoms with Crippen molar-refractivity contribution in [3.8, 4) is 11.5 Å². The van der Waals surface area contributed by atoms with E-state index in [2.05, 4.69) is 89.3 Å². The van der Waals surface area contributed by atoms with Gasteiger partial charge in [0.05, 0.1) is 7.11 Å². The summed E-state index contributed by atoms with van der Waals surface area (Å²) in [4.78, 5) is 0. The molecule has 0 bridgehead atoms. The highest BCUT2D eigenvalue weighted by atomic mass is 28.4. The van der Waals surface area contributed by atoms with Gasteiger partial charge in [-0.2, -0.15) is 0 Å². The molecule has 0 N–H and O–H groups in total. The maximum Gasteiger partial charge on any atom is 0.250 e. The Bertz CT molecular complexity index is 732. The molecule has 2 aromatic carbocycles. The number of aryl methyl sites for hydroxylation is 2. The van der Waals surface area contributed by atoms with E-state index in [0.29, 0.717) is 5.92 Å². The lowest BCUT2D eigenvalue weighted by Crippen LogP contribution is -2.43. The molecule has 28 heavy (non-hydrogen) atoms. The van der Waals surface area contributed by atoms with E-state index >= 15 is 0 Å². The van der Waals surface area contributed by atoms with Crippen LogP contribution in [0.2, 0.25) is 18.1 Å². The molecule has 153 valence electrons. The molecule has 1 atom stereocenters. The molecule has 2 nitrogen and oxygen atoms in total. The van der Waals surface area contributed by atoms with Crippen LogP contribution < -0.4 is 9.16 Å². The monoisotopic (exact) mass is 397 g/mol. The van der Waals surface area contributed by atoms with E-state index in [1.165, 1.54) is 11.1 Å². The number of ether oxygens (including phenoxy) is 1. The summed E-state index contributed by atoms with van der Waals surface area (Å²) in [6.45, 7) is 15.6. The van der Waals surface area contributed by atoms with Crippen LogP contribution in [-0.4, -0.2) is 15.4 Å². The Kier molecular flexibility index (Phi) is 7.76. The molecule has 0 fully saturated rings. The molecule has 0 heterocycles. The number of methoxy groups -OCH3 is 1. The lowest BCUT2D eigenvalue weighted by atomic mass is 9.95. The quantitative estimate of drug-likeness (QED) is 0.420. The Labute approximate surface area is 173 Å². The van der Waals surface area contributed by atoms with E-state index in [0.717, 1.165) is 37.2 Å². The zero-order valence-electron chi connectivity index (χ0n) is 18.5. The smallest absolute Gasteiger partial charge is 0.250 e. The van der Waals surface area contributed by atoms with Crippen molar-refractivity contribution in [1.29, 1.82) is 0 Å². The van der Waals surface area contributed by atoms with Gasteiger partial charge in [0.1, 0.15) is 5.75 Å². The number of rotatable bonds is 9. The summed E-state index contributed by atoms with van der Waals surface area (Å²) in [5.74, 6) is 2.16. The van der Waals surface area contributed by atoms with E-state index < -0.39 is 8.32 Å². The van der Waals surface area contributed by atoms with Gasteiger partial charge in [-0.05, 0) is 73.0 Å². The zero-order chi connectivity index (χ0) is 20.8. The molecule has 1 unspecified atom stereocenters. The van der Waals surface area contributed by atoms with Crippen LogP contribution in [0.3, 0.4) is 0 Å². The van der Waals surface area contributed by atoms with Crippen LogP contribution in [0.5, 0.6) is 11.5 Å². The predicted octanol–water partition coefficient (Wildman–Crippen LogP) is 7.09. The number of hydrogen-bond acceptors (Lipinski definition) is 2. The van der Waals surface area contributed by atoms with Crippen LogP contribution in [0.15, 0.2) is 48.5 Å². The van der Waals surface area contributed by atoms with Crippen molar-refractivity contribution < 1.29 is 9.16 Å². The van der Waals surface area contributed by atoms with Crippen molar-refractivity contribution in [3.63, 3.8) is 0 Å². The minimum absolute atomic E-state index is 0.163. The molecule has 0 aliphatic carbocycles. The van der Waals surface area contributed by atoms with E-state index in [-0.39, 0.29) is 5.04 Å². The predicted molar refractivity (Wildman–Crippen MR) is 123 cm³/mol. The Morgan fingerprint density at radius 2 is 1.50 bits per heavy atom. The van der Waals surface area contributed by atoms with Gasteiger partial charge in [-0.1, -0.05) is 64.1 Å². The molecule has 0 spiro atoms. The first kappa shape index (κ1) is 22.5. The molecular formula is C25H37O2Si. The molecule has 0 saturated heterocycles. The first-order valence-electron chi connectivity index (χ1n) is 10.4. The van der Waals surface area contributed by atoms with Gasteiger partial charge in [-0.3, -0.25) is 0 Å². The summed E-state index contributed by atoms with van der Waals surface area (Å²) in [7, 11) is -0.156. The molecule has 0 saturated carbocycles. The van der Waals surface area contributed by atoms with Gasteiger partial charge >= 0.3 is 0 Å². The largest absolute Gasteiger partial charge is 0.541 e. The summed E-state index contributed by atoms with van der Waals surface area (Å²) in [6, 6.07) is 17.0. The topological polar surface area (TPSA) is 18.5 Å². The molecule has 2 aromatic rings. The minimum Gasteiger partial charge on any atom is -0.541 e. The second-order valence-electron chi connectivity index (χ2n) is 9.28. The van der Waals surface area contributed by atoms with Gasteiger partial charge in [0.25, 0.3) is 8.32 Å². The summed E-state index contributed by atoms with van der Waals surface area (Å²) in [6.07, 6.45) is 4.31. The minimum atomic E-state index is -1.88. The SMILES string of the molecule is [CH2]C(CCc1ccccc1)CCc1ccc(O[Si](C)(C)C(C)(C)C)c(OC)c1. The Morgan fingerprint density at radius 1 is 0.893 bits per heavy atom. The molecule has 0 aromatic heterocycles. The van der Waals surface area contributed by atoms with Crippen LogP contribution in [-0.2, 0) is 12.8 Å². The van der Waals surface area contributed by atoms with Crippen LogP contribution >= 0.6 is 0 Å². The van der Waals surface area contributed by atoms with Gasteiger partial charge in [0.2, 0.25) is 0 Å². The second kappa shape index (κ2) is 9.64. The maximum atomic E-state index is 6.46. The number of hydrogen-bond donors (Lipinski definition) is 0.